The van der Waals surface area contributed by atoms with Crippen molar-refractivity contribution in [2.75, 3.05) is 20.3 Å². The Hall–Kier alpha value is -2.72. The van der Waals surface area contributed by atoms with Crippen molar-refractivity contribution in [3.63, 3.8) is 0 Å². The molecule has 1 aliphatic heterocycles. The molecule has 2 heterocycles. The number of carbonyl (C=O) groups excluding carboxylic acids is 1. The van der Waals surface area contributed by atoms with E-state index >= 15 is 0 Å². The van der Waals surface area contributed by atoms with Crippen LogP contribution in [0.25, 0.3) is 0 Å². The van der Waals surface area contributed by atoms with Crippen molar-refractivity contribution in [1.29, 1.82) is 5.26 Å². The largest absolute Gasteiger partial charge is 0.468 e. The van der Waals surface area contributed by atoms with Gasteiger partial charge in [0.2, 0.25) is 5.88 Å². The SMILES string of the molecule is COCCOC(=O)C1=C(C)OC(N)=C(C#N)[C@H]1c1ccco1. The van der Waals surface area contributed by atoms with Crippen LogP contribution in [0.5, 0.6) is 0 Å². The standard InChI is InChI=1S/C15H16N2O5/c1-9-12(15(18)21-7-6-19-2)13(11-4-3-5-20-11)10(8-16)14(17)22-9/h3-5,13H,6-7,17H2,1-2H3/t13-/m0/s1. The van der Waals surface area contributed by atoms with E-state index < -0.39 is 11.9 Å². The first-order valence-corrected chi connectivity index (χ1v) is 6.58. The monoisotopic (exact) mass is 304 g/mol. The molecular weight excluding hydrogens is 288 g/mol. The minimum Gasteiger partial charge on any atom is -0.468 e. The molecule has 0 radical (unpaired) electrons. The van der Waals surface area contributed by atoms with Crippen molar-refractivity contribution in [3.05, 3.63) is 46.9 Å². The van der Waals surface area contributed by atoms with Crippen LogP contribution in [0, 0.1) is 11.3 Å². The van der Waals surface area contributed by atoms with E-state index in [1.807, 2.05) is 6.07 Å². The Morgan fingerprint density at radius 1 is 1.50 bits per heavy atom. The molecule has 1 aliphatic rings. The van der Waals surface area contributed by atoms with Crippen molar-refractivity contribution in [3.8, 4) is 6.07 Å². The van der Waals surface area contributed by atoms with Gasteiger partial charge >= 0.3 is 5.97 Å². The summed E-state index contributed by atoms with van der Waals surface area (Å²) in [4.78, 5) is 12.3. The number of nitrogens with zero attached hydrogens (tertiary/aromatic N) is 1. The lowest BCUT2D eigenvalue weighted by Gasteiger charge is -2.25. The number of nitrogens with two attached hydrogens (primary N) is 1. The van der Waals surface area contributed by atoms with Crippen LogP contribution >= 0.6 is 0 Å². The Kier molecular flexibility index (Phi) is 4.86. The van der Waals surface area contributed by atoms with Gasteiger partial charge in [0.15, 0.2) is 0 Å². The van der Waals surface area contributed by atoms with E-state index in [9.17, 15) is 10.1 Å². The highest BCUT2D eigenvalue weighted by Crippen LogP contribution is 2.39. The van der Waals surface area contributed by atoms with Crippen molar-refractivity contribution in [2.24, 2.45) is 5.73 Å². The lowest BCUT2D eigenvalue weighted by atomic mass is 9.87. The lowest BCUT2D eigenvalue weighted by molar-refractivity contribution is -0.140. The molecule has 116 valence electrons. The van der Waals surface area contributed by atoms with Crippen LogP contribution < -0.4 is 5.73 Å². The average molecular weight is 304 g/mol. The van der Waals surface area contributed by atoms with Gasteiger partial charge in [-0.1, -0.05) is 0 Å². The molecule has 0 fully saturated rings. The Morgan fingerprint density at radius 2 is 2.27 bits per heavy atom. The van der Waals surface area contributed by atoms with E-state index in [1.165, 1.54) is 13.4 Å². The van der Waals surface area contributed by atoms with E-state index in [0.717, 1.165) is 0 Å². The molecule has 7 nitrogen and oxygen atoms in total. The summed E-state index contributed by atoms with van der Waals surface area (Å²) >= 11 is 0. The molecule has 1 aromatic heterocycles. The number of carbonyl (C=O) groups is 1. The third kappa shape index (κ3) is 2.97. The minimum atomic E-state index is -0.746. The summed E-state index contributed by atoms with van der Waals surface area (Å²) in [6.07, 6.45) is 1.46. The normalized spacial score (nSPS) is 18.0. The van der Waals surface area contributed by atoms with Gasteiger partial charge in [-0.3, -0.25) is 0 Å². The number of nitriles is 1. The van der Waals surface area contributed by atoms with Gasteiger partial charge in [-0.05, 0) is 19.1 Å². The molecule has 1 atom stereocenters. The molecule has 2 N–H and O–H groups in total. The van der Waals surface area contributed by atoms with Crippen LogP contribution in [-0.2, 0) is 19.0 Å². The van der Waals surface area contributed by atoms with Gasteiger partial charge in [-0.25, -0.2) is 4.79 Å². The highest BCUT2D eigenvalue weighted by atomic mass is 16.6. The molecular formula is C15H16N2O5. The molecule has 0 saturated heterocycles. The second kappa shape index (κ2) is 6.83. The molecule has 0 aliphatic carbocycles. The van der Waals surface area contributed by atoms with Crippen molar-refractivity contribution >= 4 is 5.97 Å². The molecule has 22 heavy (non-hydrogen) atoms. The van der Waals surface area contributed by atoms with Crippen LogP contribution in [0.3, 0.4) is 0 Å². The maximum Gasteiger partial charge on any atom is 0.338 e. The Morgan fingerprint density at radius 3 is 2.86 bits per heavy atom. The first-order valence-electron chi connectivity index (χ1n) is 6.58. The van der Waals surface area contributed by atoms with Gasteiger partial charge in [0, 0.05) is 7.11 Å². The summed E-state index contributed by atoms with van der Waals surface area (Å²) in [6, 6.07) is 5.30. The van der Waals surface area contributed by atoms with E-state index in [0.29, 0.717) is 5.76 Å². The van der Waals surface area contributed by atoms with Crippen LogP contribution in [0.4, 0.5) is 0 Å². The summed E-state index contributed by atoms with van der Waals surface area (Å²) in [6.45, 7) is 1.95. The zero-order valence-corrected chi connectivity index (χ0v) is 12.3. The van der Waals surface area contributed by atoms with E-state index in [1.54, 1.807) is 19.1 Å². The zero-order chi connectivity index (χ0) is 16.1. The molecule has 0 spiro atoms. The number of methoxy groups -OCH3 is 1. The summed E-state index contributed by atoms with van der Waals surface area (Å²) in [5, 5.41) is 9.33. The van der Waals surface area contributed by atoms with Crippen molar-refractivity contribution < 1.29 is 23.4 Å². The number of rotatable bonds is 5. The first-order chi connectivity index (χ1) is 10.6. The van der Waals surface area contributed by atoms with Crippen LogP contribution in [0.2, 0.25) is 0 Å². The Labute approximate surface area is 127 Å². The fraction of sp³-hybridized carbons (Fsp3) is 0.333. The van der Waals surface area contributed by atoms with Gasteiger partial charge in [0.25, 0.3) is 0 Å². The molecule has 0 bridgehead atoms. The van der Waals surface area contributed by atoms with Crippen LogP contribution in [0.1, 0.15) is 18.6 Å². The lowest BCUT2D eigenvalue weighted by Crippen LogP contribution is -2.26. The number of allylic oxidation sites excluding steroid dienone is 2. The topological polar surface area (TPSA) is 108 Å². The second-order valence-electron chi connectivity index (χ2n) is 4.54. The van der Waals surface area contributed by atoms with Crippen LogP contribution in [-0.4, -0.2) is 26.3 Å². The number of hydrogen-bond acceptors (Lipinski definition) is 7. The quantitative estimate of drug-likeness (QED) is 0.649. The molecule has 2 rings (SSSR count). The summed E-state index contributed by atoms with van der Waals surface area (Å²) in [5.74, 6) is -0.698. The number of hydrogen-bond donors (Lipinski definition) is 1. The van der Waals surface area contributed by atoms with Gasteiger partial charge in [-0.15, -0.1) is 0 Å². The maximum atomic E-state index is 12.3. The number of furan rings is 1. The van der Waals surface area contributed by atoms with E-state index in [4.69, 9.17) is 24.4 Å². The molecule has 0 amide bonds. The van der Waals surface area contributed by atoms with Crippen LogP contribution in [0.15, 0.2) is 45.6 Å². The van der Waals surface area contributed by atoms with Crippen molar-refractivity contribution in [1.82, 2.24) is 0 Å². The highest BCUT2D eigenvalue weighted by Gasteiger charge is 2.37. The third-order valence-corrected chi connectivity index (χ3v) is 3.17. The minimum absolute atomic E-state index is 0.0464. The van der Waals surface area contributed by atoms with Gasteiger partial charge < -0.3 is 24.4 Å². The Bertz CT molecular complexity index is 652. The molecule has 0 aromatic carbocycles. The zero-order valence-electron chi connectivity index (χ0n) is 12.3. The van der Waals surface area contributed by atoms with Gasteiger partial charge in [0.05, 0.1) is 24.4 Å². The number of esters is 1. The first kappa shape index (κ1) is 15.7. The maximum absolute atomic E-state index is 12.3. The predicted octanol–water partition coefficient (Wildman–Crippen LogP) is 1.55. The molecule has 0 unspecified atom stereocenters. The van der Waals surface area contributed by atoms with E-state index in [-0.39, 0.29) is 36.0 Å². The summed E-state index contributed by atoms with van der Waals surface area (Å²) in [7, 11) is 1.50. The van der Waals surface area contributed by atoms with Gasteiger partial charge in [-0.2, -0.15) is 5.26 Å². The summed E-state index contributed by atoms with van der Waals surface area (Å²) in [5.41, 5.74) is 6.05. The molecule has 1 aromatic rings. The van der Waals surface area contributed by atoms with Gasteiger partial charge in [0.1, 0.15) is 29.8 Å². The smallest absolute Gasteiger partial charge is 0.338 e. The fourth-order valence-electron chi connectivity index (χ4n) is 2.18. The third-order valence-electron chi connectivity index (χ3n) is 3.17. The second-order valence-corrected chi connectivity index (χ2v) is 4.54. The molecule has 0 saturated carbocycles. The summed E-state index contributed by atoms with van der Waals surface area (Å²) < 4.78 is 20.6. The highest BCUT2D eigenvalue weighted by molar-refractivity contribution is 5.92. The van der Waals surface area contributed by atoms with E-state index in [2.05, 4.69) is 0 Å². The average Bonchev–Trinajstić information content (AvgIpc) is 3.00. The fourth-order valence-corrected chi connectivity index (χ4v) is 2.18. The van der Waals surface area contributed by atoms with Crippen molar-refractivity contribution in [2.45, 2.75) is 12.8 Å². The number of ether oxygens (including phenoxy) is 3. The molecule has 7 heteroatoms. The Balaban J connectivity index is 2.38. The predicted molar refractivity (Wildman–Crippen MR) is 74.9 cm³/mol.